The quantitative estimate of drug-likeness (QED) is 0.775. The van der Waals surface area contributed by atoms with Crippen LogP contribution in [0.15, 0.2) is 16.8 Å². The van der Waals surface area contributed by atoms with E-state index in [1.54, 1.807) is 18.4 Å². The van der Waals surface area contributed by atoms with Crippen LogP contribution in [0, 0.1) is 0 Å². The molecule has 68 valence electrons. The van der Waals surface area contributed by atoms with Gasteiger partial charge in [0.1, 0.15) is 0 Å². The Bertz CT molecular complexity index is 208. The number of hydrogen-bond acceptors (Lipinski definition) is 3. The zero-order chi connectivity index (χ0) is 8.97. The lowest BCUT2D eigenvalue weighted by atomic mass is 10.1. The summed E-state index contributed by atoms with van der Waals surface area (Å²) in [5.74, 6) is 0. The van der Waals surface area contributed by atoms with Crippen LogP contribution in [0.2, 0.25) is 0 Å². The average molecular weight is 186 g/mol. The summed E-state index contributed by atoms with van der Waals surface area (Å²) in [5.41, 5.74) is 1.18. The number of aliphatic hydroxyl groups is 1. The van der Waals surface area contributed by atoms with Crippen molar-refractivity contribution in [1.29, 1.82) is 0 Å². The van der Waals surface area contributed by atoms with Crippen LogP contribution < -0.4 is 0 Å². The van der Waals surface area contributed by atoms with Crippen LogP contribution in [0.4, 0.5) is 0 Å². The van der Waals surface area contributed by atoms with Crippen LogP contribution in [-0.4, -0.2) is 24.4 Å². The summed E-state index contributed by atoms with van der Waals surface area (Å²) >= 11 is 1.65. The van der Waals surface area contributed by atoms with Gasteiger partial charge < -0.3 is 9.84 Å². The second kappa shape index (κ2) is 4.60. The summed E-state index contributed by atoms with van der Waals surface area (Å²) in [5, 5.41) is 13.6. The molecule has 2 unspecified atom stereocenters. The summed E-state index contributed by atoms with van der Waals surface area (Å²) < 4.78 is 5.01. The molecule has 1 rings (SSSR count). The largest absolute Gasteiger partial charge is 0.390 e. The zero-order valence-corrected chi connectivity index (χ0v) is 8.17. The van der Waals surface area contributed by atoms with Crippen LogP contribution in [0.25, 0.3) is 0 Å². The summed E-state index contributed by atoms with van der Waals surface area (Å²) in [4.78, 5) is 0. The van der Waals surface area contributed by atoms with E-state index in [-0.39, 0.29) is 6.10 Å². The van der Waals surface area contributed by atoms with Crippen molar-refractivity contribution in [3.8, 4) is 0 Å². The van der Waals surface area contributed by atoms with Gasteiger partial charge >= 0.3 is 0 Å². The van der Waals surface area contributed by atoms with Crippen LogP contribution in [0.5, 0.6) is 0 Å². The van der Waals surface area contributed by atoms with Gasteiger partial charge in [-0.05, 0) is 29.3 Å². The highest BCUT2D eigenvalue weighted by atomic mass is 32.1. The van der Waals surface area contributed by atoms with Crippen molar-refractivity contribution in [3.63, 3.8) is 0 Å². The SMILES string of the molecule is COC(C)C(O)Cc1ccsc1. The number of thiophene rings is 1. The van der Waals surface area contributed by atoms with Gasteiger partial charge in [0, 0.05) is 13.5 Å². The summed E-state index contributed by atoms with van der Waals surface area (Å²) in [6.45, 7) is 1.87. The molecule has 0 aromatic carbocycles. The number of methoxy groups -OCH3 is 1. The summed E-state index contributed by atoms with van der Waals surface area (Å²) in [6, 6.07) is 2.02. The highest BCUT2D eigenvalue weighted by Gasteiger charge is 2.13. The number of aliphatic hydroxyl groups excluding tert-OH is 1. The lowest BCUT2D eigenvalue weighted by molar-refractivity contribution is 0.000452. The van der Waals surface area contributed by atoms with E-state index in [0.717, 1.165) is 0 Å². The standard InChI is InChI=1S/C9H14O2S/c1-7(11-2)9(10)5-8-3-4-12-6-8/h3-4,6-7,9-10H,5H2,1-2H3. The van der Waals surface area contributed by atoms with Gasteiger partial charge in [-0.2, -0.15) is 11.3 Å². The van der Waals surface area contributed by atoms with E-state index in [9.17, 15) is 5.11 Å². The molecule has 2 atom stereocenters. The van der Waals surface area contributed by atoms with Crippen LogP contribution in [0.3, 0.4) is 0 Å². The number of ether oxygens (including phenoxy) is 1. The lowest BCUT2D eigenvalue weighted by Crippen LogP contribution is -2.26. The maximum atomic E-state index is 9.57. The second-order valence-corrected chi connectivity index (χ2v) is 3.62. The average Bonchev–Trinajstić information content (AvgIpc) is 2.55. The fraction of sp³-hybridized carbons (Fsp3) is 0.556. The van der Waals surface area contributed by atoms with E-state index in [0.29, 0.717) is 6.42 Å². The maximum absolute atomic E-state index is 9.57. The Hall–Kier alpha value is -0.380. The third-order valence-corrected chi connectivity index (χ3v) is 2.67. The highest BCUT2D eigenvalue weighted by molar-refractivity contribution is 7.07. The molecule has 0 bridgehead atoms. The Labute approximate surface area is 76.8 Å². The molecule has 1 heterocycles. The molecule has 1 aromatic rings. The molecule has 0 saturated heterocycles. The first-order chi connectivity index (χ1) is 5.74. The first kappa shape index (κ1) is 9.71. The van der Waals surface area contributed by atoms with E-state index >= 15 is 0 Å². The van der Waals surface area contributed by atoms with Gasteiger partial charge in [0.15, 0.2) is 0 Å². The molecule has 0 aliphatic heterocycles. The smallest absolute Gasteiger partial charge is 0.0839 e. The molecule has 0 radical (unpaired) electrons. The van der Waals surface area contributed by atoms with E-state index in [4.69, 9.17) is 4.74 Å². The number of rotatable bonds is 4. The van der Waals surface area contributed by atoms with E-state index < -0.39 is 6.10 Å². The van der Waals surface area contributed by atoms with Crippen molar-refractivity contribution in [3.05, 3.63) is 22.4 Å². The van der Waals surface area contributed by atoms with Crippen molar-refractivity contribution >= 4 is 11.3 Å². The lowest BCUT2D eigenvalue weighted by Gasteiger charge is -2.16. The molecule has 0 spiro atoms. The van der Waals surface area contributed by atoms with E-state index in [1.165, 1.54) is 5.56 Å². The van der Waals surface area contributed by atoms with Crippen molar-refractivity contribution in [2.75, 3.05) is 7.11 Å². The molecule has 3 heteroatoms. The van der Waals surface area contributed by atoms with Gasteiger partial charge in [-0.25, -0.2) is 0 Å². The monoisotopic (exact) mass is 186 g/mol. The van der Waals surface area contributed by atoms with E-state index in [1.807, 2.05) is 23.8 Å². The molecular weight excluding hydrogens is 172 g/mol. The van der Waals surface area contributed by atoms with Gasteiger partial charge in [0.25, 0.3) is 0 Å². The topological polar surface area (TPSA) is 29.5 Å². The second-order valence-electron chi connectivity index (χ2n) is 2.84. The van der Waals surface area contributed by atoms with Gasteiger partial charge in [0.05, 0.1) is 12.2 Å². The third kappa shape index (κ3) is 2.59. The first-order valence-electron chi connectivity index (χ1n) is 3.96. The Balaban J connectivity index is 2.41. The minimum Gasteiger partial charge on any atom is -0.390 e. The molecule has 0 aliphatic carbocycles. The van der Waals surface area contributed by atoms with Crippen molar-refractivity contribution in [2.24, 2.45) is 0 Å². The Morgan fingerprint density at radius 2 is 2.42 bits per heavy atom. The Morgan fingerprint density at radius 1 is 1.67 bits per heavy atom. The summed E-state index contributed by atoms with van der Waals surface area (Å²) in [6.07, 6.45) is 0.188. The molecule has 0 amide bonds. The molecule has 0 saturated carbocycles. The highest BCUT2D eigenvalue weighted by Crippen LogP contribution is 2.11. The van der Waals surface area contributed by atoms with Gasteiger partial charge in [-0.15, -0.1) is 0 Å². The maximum Gasteiger partial charge on any atom is 0.0839 e. The molecule has 1 N–H and O–H groups in total. The van der Waals surface area contributed by atoms with Crippen molar-refractivity contribution < 1.29 is 9.84 Å². The van der Waals surface area contributed by atoms with E-state index in [2.05, 4.69) is 0 Å². The molecule has 0 aliphatic rings. The van der Waals surface area contributed by atoms with Crippen molar-refractivity contribution in [1.82, 2.24) is 0 Å². The minimum atomic E-state index is -0.399. The Kier molecular flexibility index (Phi) is 3.72. The summed E-state index contributed by atoms with van der Waals surface area (Å²) in [7, 11) is 1.61. The minimum absolute atomic E-state index is 0.0927. The third-order valence-electron chi connectivity index (χ3n) is 1.94. The van der Waals surface area contributed by atoms with Crippen LogP contribution in [-0.2, 0) is 11.2 Å². The van der Waals surface area contributed by atoms with Gasteiger partial charge in [-0.1, -0.05) is 0 Å². The molecule has 1 aromatic heterocycles. The Morgan fingerprint density at radius 3 is 2.92 bits per heavy atom. The zero-order valence-electron chi connectivity index (χ0n) is 7.36. The normalized spacial score (nSPS) is 15.9. The number of hydrogen-bond donors (Lipinski definition) is 1. The molecule has 2 nitrogen and oxygen atoms in total. The molecule has 12 heavy (non-hydrogen) atoms. The van der Waals surface area contributed by atoms with Crippen LogP contribution in [0.1, 0.15) is 12.5 Å². The van der Waals surface area contributed by atoms with Gasteiger partial charge in [-0.3, -0.25) is 0 Å². The molecule has 0 fully saturated rings. The fourth-order valence-corrected chi connectivity index (χ4v) is 1.65. The van der Waals surface area contributed by atoms with Gasteiger partial charge in [0.2, 0.25) is 0 Å². The van der Waals surface area contributed by atoms with Crippen molar-refractivity contribution in [2.45, 2.75) is 25.6 Å². The predicted molar refractivity (Wildman–Crippen MR) is 50.5 cm³/mol. The first-order valence-corrected chi connectivity index (χ1v) is 4.90. The van der Waals surface area contributed by atoms with Crippen LogP contribution >= 0.6 is 11.3 Å². The predicted octanol–water partition coefficient (Wildman–Crippen LogP) is 1.69. The molecular formula is C9H14O2S. The fourth-order valence-electron chi connectivity index (χ4n) is 0.973.